The fraction of sp³-hybridized carbons (Fsp3) is 0.238. The monoisotopic (exact) mass is 376 g/mol. The van der Waals surface area contributed by atoms with Crippen molar-refractivity contribution < 1.29 is 14.6 Å². The molecule has 7 heteroatoms. The van der Waals surface area contributed by atoms with E-state index in [0.717, 1.165) is 11.3 Å². The Labute approximate surface area is 162 Å². The molecule has 1 aliphatic heterocycles. The van der Waals surface area contributed by atoms with Gasteiger partial charge in [0.25, 0.3) is 0 Å². The highest BCUT2D eigenvalue weighted by molar-refractivity contribution is 5.69. The Balaban J connectivity index is 1.53. The number of rotatable bonds is 3. The van der Waals surface area contributed by atoms with Crippen molar-refractivity contribution in [2.75, 3.05) is 6.54 Å². The zero-order valence-electron chi connectivity index (χ0n) is 15.4. The van der Waals surface area contributed by atoms with E-state index >= 15 is 0 Å². The van der Waals surface area contributed by atoms with E-state index < -0.39 is 6.09 Å². The molecule has 2 aromatic heterocycles. The molecule has 4 rings (SSSR count). The summed E-state index contributed by atoms with van der Waals surface area (Å²) < 4.78 is 5.44. The van der Waals surface area contributed by atoms with Gasteiger partial charge in [0.2, 0.25) is 5.88 Å². The number of benzene rings is 1. The van der Waals surface area contributed by atoms with Crippen molar-refractivity contribution in [1.82, 2.24) is 19.9 Å². The molecule has 3 aromatic rings. The van der Waals surface area contributed by atoms with Crippen molar-refractivity contribution in [3.8, 4) is 17.4 Å². The summed E-state index contributed by atoms with van der Waals surface area (Å²) in [5.74, 6) is 0.253. The minimum Gasteiger partial charge on any atom is -0.493 e. The van der Waals surface area contributed by atoms with Crippen LogP contribution in [0.15, 0.2) is 54.7 Å². The van der Waals surface area contributed by atoms with E-state index in [4.69, 9.17) is 4.74 Å². The van der Waals surface area contributed by atoms with Crippen LogP contribution < -0.4 is 0 Å². The summed E-state index contributed by atoms with van der Waals surface area (Å²) in [6.07, 6.45) is 1.74. The summed E-state index contributed by atoms with van der Waals surface area (Å²) in [4.78, 5) is 27.2. The third-order valence-corrected chi connectivity index (χ3v) is 4.81. The van der Waals surface area contributed by atoms with Crippen molar-refractivity contribution in [1.29, 1.82) is 0 Å². The highest BCUT2D eigenvalue weighted by Gasteiger charge is 2.33. The second-order valence-corrected chi connectivity index (χ2v) is 6.61. The van der Waals surface area contributed by atoms with Crippen LogP contribution in [0.3, 0.4) is 0 Å². The molecule has 0 spiro atoms. The number of ether oxygens (including phenoxy) is 1. The van der Waals surface area contributed by atoms with Crippen LogP contribution in [0, 0.1) is 0 Å². The largest absolute Gasteiger partial charge is 0.493 e. The highest BCUT2D eigenvalue weighted by Crippen LogP contribution is 2.35. The number of pyridine rings is 1. The van der Waals surface area contributed by atoms with Crippen LogP contribution in [0.4, 0.5) is 4.79 Å². The lowest BCUT2D eigenvalue weighted by Crippen LogP contribution is -2.39. The third-order valence-electron chi connectivity index (χ3n) is 4.81. The topological polar surface area (TPSA) is 88.4 Å². The van der Waals surface area contributed by atoms with Gasteiger partial charge in [0.15, 0.2) is 5.82 Å². The summed E-state index contributed by atoms with van der Waals surface area (Å²) in [5, 5.41) is 10.5. The molecule has 7 nitrogen and oxygen atoms in total. The van der Waals surface area contributed by atoms with Gasteiger partial charge in [-0.05, 0) is 24.6 Å². The fourth-order valence-electron chi connectivity index (χ4n) is 3.36. The third kappa shape index (κ3) is 3.51. The van der Waals surface area contributed by atoms with Gasteiger partial charge in [-0.15, -0.1) is 0 Å². The smallest absolute Gasteiger partial charge is 0.410 e. The van der Waals surface area contributed by atoms with Gasteiger partial charge >= 0.3 is 6.09 Å². The Morgan fingerprint density at radius 3 is 2.71 bits per heavy atom. The van der Waals surface area contributed by atoms with Gasteiger partial charge in [0.05, 0.1) is 17.3 Å². The molecule has 1 atom stereocenters. The molecule has 1 unspecified atom stereocenters. The molecular formula is C21H20N4O3. The van der Waals surface area contributed by atoms with Crippen LogP contribution in [0.5, 0.6) is 5.88 Å². The van der Waals surface area contributed by atoms with Gasteiger partial charge in [-0.2, -0.15) is 4.98 Å². The van der Waals surface area contributed by atoms with Crippen LogP contribution in [0.2, 0.25) is 0 Å². The molecule has 142 valence electrons. The van der Waals surface area contributed by atoms with Crippen LogP contribution in [0.25, 0.3) is 11.5 Å². The number of carbonyl (C=O) groups is 1. The molecule has 1 aromatic carbocycles. The Hall–Kier alpha value is -3.48. The number of aromatic hydroxyl groups is 1. The van der Waals surface area contributed by atoms with Gasteiger partial charge < -0.3 is 14.7 Å². The first-order valence-corrected chi connectivity index (χ1v) is 9.12. The van der Waals surface area contributed by atoms with E-state index in [2.05, 4.69) is 15.0 Å². The maximum Gasteiger partial charge on any atom is 0.410 e. The molecule has 0 saturated carbocycles. The average molecular weight is 376 g/mol. The summed E-state index contributed by atoms with van der Waals surface area (Å²) in [6, 6.07) is 14.6. The van der Waals surface area contributed by atoms with Gasteiger partial charge in [0.1, 0.15) is 12.3 Å². The summed E-state index contributed by atoms with van der Waals surface area (Å²) >= 11 is 0. The molecule has 0 fully saturated rings. The molecule has 1 N–H and O–H groups in total. The van der Waals surface area contributed by atoms with Crippen molar-refractivity contribution in [2.45, 2.75) is 26.0 Å². The standard InChI is InChI=1S/C21H20N4O3/c1-14-18-16(23-19(24-20(18)26)17-9-5-6-11-22-17)10-12-25(14)21(27)28-13-15-7-3-2-4-8-15/h2-9,11,14H,10,12-13H2,1H3,(H,23,24,26). The maximum absolute atomic E-state index is 12.6. The predicted molar refractivity (Wildman–Crippen MR) is 102 cm³/mol. The lowest BCUT2D eigenvalue weighted by Gasteiger charge is -2.33. The number of hydrogen-bond acceptors (Lipinski definition) is 6. The lowest BCUT2D eigenvalue weighted by atomic mass is 9.99. The predicted octanol–water partition coefficient (Wildman–Crippen LogP) is 3.50. The fourth-order valence-corrected chi connectivity index (χ4v) is 3.36. The second-order valence-electron chi connectivity index (χ2n) is 6.61. The van der Waals surface area contributed by atoms with Crippen molar-refractivity contribution in [3.63, 3.8) is 0 Å². The van der Waals surface area contributed by atoms with Gasteiger partial charge in [0, 0.05) is 19.2 Å². The van der Waals surface area contributed by atoms with Crippen molar-refractivity contribution >= 4 is 6.09 Å². The average Bonchev–Trinajstić information content (AvgIpc) is 2.73. The number of hydrogen-bond donors (Lipinski definition) is 1. The molecule has 0 radical (unpaired) electrons. The normalized spacial score (nSPS) is 15.8. The van der Waals surface area contributed by atoms with Gasteiger partial charge in [-0.3, -0.25) is 4.98 Å². The summed E-state index contributed by atoms with van der Waals surface area (Å²) in [7, 11) is 0. The summed E-state index contributed by atoms with van der Waals surface area (Å²) in [5.41, 5.74) is 2.81. The molecule has 0 bridgehead atoms. The maximum atomic E-state index is 12.6. The molecular weight excluding hydrogens is 356 g/mol. The van der Waals surface area contributed by atoms with Crippen LogP contribution in [-0.4, -0.2) is 37.6 Å². The second kappa shape index (κ2) is 7.64. The molecule has 1 aliphatic rings. The number of amides is 1. The minimum absolute atomic E-state index is 0.126. The molecule has 28 heavy (non-hydrogen) atoms. The number of carbonyl (C=O) groups excluding carboxylic acids is 1. The summed E-state index contributed by atoms with van der Waals surface area (Å²) in [6.45, 7) is 2.50. The van der Waals surface area contributed by atoms with Crippen LogP contribution in [-0.2, 0) is 17.8 Å². The quantitative estimate of drug-likeness (QED) is 0.753. The lowest BCUT2D eigenvalue weighted by molar-refractivity contribution is 0.0793. The zero-order chi connectivity index (χ0) is 19.5. The molecule has 0 aliphatic carbocycles. The zero-order valence-corrected chi connectivity index (χ0v) is 15.4. The van der Waals surface area contributed by atoms with Crippen LogP contribution >= 0.6 is 0 Å². The van der Waals surface area contributed by atoms with E-state index in [9.17, 15) is 9.90 Å². The van der Waals surface area contributed by atoms with E-state index in [-0.39, 0.29) is 18.5 Å². The minimum atomic E-state index is -0.421. The first kappa shape index (κ1) is 17.9. The van der Waals surface area contributed by atoms with Gasteiger partial charge in [-0.1, -0.05) is 36.4 Å². The highest BCUT2D eigenvalue weighted by atomic mass is 16.6. The Bertz CT molecular complexity index is 980. The van der Waals surface area contributed by atoms with Gasteiger partial charge in [-0.25, -0.2) is 9.78 Å². The van der Waals surface area contributed by atoms with E-state index in [0.29, 0.717) is 30.0 Å². The van der Waals surface area contributed by atoms with Crippen LogP contribution in [0.1, 0.15) is 29.8 Å². The Morgan fingerprint density at radius 1 is 1.18 bits per heavy atom. The number of aromatic nitrogens is 3. The first-order valence-electron chi connectivity index (χ1n) is 9.12. The molecule has 3 heterocycles. The SMILES string of the molecule is CC1c2c(O)nc(-c3ccccn3)nc2CCN1C(=O)OCc1ccccc1. The Morgan fingerprint density at radius 2 is 1.96 bits per heavy atom. The van der Waals surface area contributed by atoms with E-state index in [1.165, 1.54) is 0 Å². The van der Waals surface area contributed by atoms with Crippen molar-refractivity contribution in [2.24, 2.45) is 0 Å². The Kier molecular flexibility index (Phi) is 4.89. The number of fused-ring (bicyclic) bond motifs is 1. The first-order chi connectivity index (χ1) is 13.6. The number of nitrogens with zero attached hydrogens (tertiary/aromatic N) is 4. The molecule has 0 saturated heterocycles. The molecule has 1 amide bonds. The van der Waals surface area contributed by atoms with E-state index in [1.807, 2.05) is 49.4 Å². The van der Waals surface area contributed by atoms with Crippen molar-refractivity contribution in [3.05, 3.63) is 71.5 Å². The van der Waals surface area contributed by atoms with E-state index in [1.54, 1.807) is 17.2 Å².